The third kappa shape index (κ3) is 2.46. The SMILES string of the molecule is CCc1nc(N)cc(N2CCN(C)C(=O)C2)n1. The molecule has 2 N–H and O–H groups in total. The number of anilines is 2. The first-order valence-electron chi connectivity index (χ1n) is 5.72. The van der Waals surface area contributed by atoms with Gasteiger partial charge in [0.1, 0.15) is 17.5 Å². The number of piperazine rings is 1. The lowest BCUT2D eigenvalue weighted by Crippen LogP contribution is -2.48. The van der Waals surface area contributed by atoms with Crippen molar-refractivity contribution in [1.29, 1.82) is 0 Å². The summed E-state index contributed by atoms with van der Waals surface area (Å²) in [6.07, 6.45) is 0.736. The van der Waals surface area contributed by atoms with Gasteiger partial charge < -0.3 is 15.5 Å². The summed E-state index contributed by atoms with van der Waals surface area (Å²) in [5.41, 5.74) is 5.73. The van der Waals surface area contributed by atoms with E-state index in [4.69, 9.17) is 5.73 Å². The van der Waals surface area contributed by atoms with Crippen molar-refractivity contribution in [3.8, 4) is 0 Å². The molecule has 1 aromatic rings. The normalized spacial score (nSPS) is 16.5. The molecule has 1 aliphatic heterocycles. The van der Waals surface area contributed by atoms with Gasteiger partial charge in [0, 0.05) is 32.6 Å². The van der Waals surface area contributed by atoms with Crippen molar-refractivity contribution in [3.63, 3.8) is 0 Å². The number of aromatic nitrogens is 2. The zero-order valence-corrected chi connectivity index (χ0v) is 10.2. The lowest BCUT2D eigenvalue weighted by atomic mass is 10.3. The summed E-state index contributed by atoms with van der Waals surface area (Å²) in [4.78, 5) is 23.8. The predicted molar refractivity (Wildman–Crippen MR) is 65.7 cm³/mol. The number of aryl methyl sites for hydroxylation is 1. The summed E-state index contributed by atoms with van der Waals surface area (Å²) in [6, 6.07) is 1.72. The van der Waals surface area contributed by atoms with Crippen molar-refractivity contribution in [3.05, 3.63) is 11.9 Å². The number of nitrogens with two attached hydrogens (primary N) is 1. The third-order valence-electron chi connectivity index (χ3n) is 2.88. The summed E-state index contributed by atoms with van der Waals surface area (Å²) in [5.74, 6) is 2.02. The van der Waals surface area contributed by atoms with Crippen LogP contribution in [0.25, 0.3) is 0 Å². The van der Waals surface area contributed by atoms with Crippen LogP contribution in [0.3, 0.4) is 0 Å². The third-order valence-corrected chi connectivity index (χ3v) is 2.88. The number of nitrogen functional groups attached to an aromatic ring is 1. The summed E-state index contributed by atoms with van der Waals surface area (Å²) in [6.45, 7) is 3.83. The molecule has 0 saturated carbocycles. The molecule has 2 heterocycles. The molecule has 0 spiro atoms. The fourth-order valence-corrected chi connectivity index (χ4v) is 1.78. The van der Waals surface area contributed by atoms with Crippen molar-refractivity contribution in [2.24, 2.45) is 0 Å². The molecule has 17 heavy (non-hydrogen) atoms. The van der Waals surface area contributed by atoms with Gasteiger partial charge in [0.2, 0.25) is 5.91 Å². The monoisotopic (exact) mass is 235 g/mol. The van der Waals surface area contributed by atoms with E-state index in [1.807, 2.05) is 18.9 Å². The Morgan fingerprint density at radius 3 is 2.82 bits per heavy atom. The molecule has 0 unspecified atom stereocenters. The largest absolute Gasteiger partial charge is 0.384 e. The number of rotatable bonds is 2. The number of carbonyl (C=O) groups is 1. The molecule has 1 aromatic heterocycles. The zero-order chi connectivity index (χ0) is 12.4. The van der Waals surface area contributed by atoms with Crippen molar-refractivity contribution in [2.75, 3.05) is 37.3 Å². The Morgan fingerprint density at radius 1 is 1.41 bits per heavy atom. The summed E-state index contributed by atoms with van der Waals surface area (Å²) >= 11 is 0. The molecule has 0 radical (unpaired) electrons. The number of nitrogens with zero attached hydrogens (tertiary/aromatic N) is 4. The predicted octanol–water partition coefficient (Wildman–Crippen LogP) is -0.100. The van der Waals surface area contributed by atoms with E-state index in [-0.39, 0.29) is 5.91 Å². The first-order valence-corrected chi connectivity index (χ1v) is 5.72. The number of hydrogen-bond donors (Lipinski definition) is 1. The first kappa shape index (κ1) is 11.6. The molecule has 0 aliphatic carbocycles. The van der Waals surface area contributed by atoms with Gasteiger partial charge in [-0.15, -0.1) is 0 Å². The van der Waals surface area contributed by atoms with E-state index in [0.29, 0.717) is 24.7 Å². The summed E-state index contributed by atoms with van der Waals surface area (Å²) in [7, 11) is 1.81. The molecule has 1 aliphatic rings. The number of amides is 1. The molecule has 1 saturated heterocycles. The van der Waals surface area contributed by atoms with Crippen LogP contribution < -0.4 is 10.6 Å². The van der Waals surface area contributed by atoms with Crippen molar-refractivity contribution < 1.29 is 4.79 Å². The Balaban J connectivity index is 2.22. The average Bonchev–Trinajstić information content (AvgIpc) is 2.32. The van der Waals surface area contributed by atoms with Crippen molar-refractivity contribution in [2.45, 2.75) is 13.3 Å². The van der Waals surface area contributed by atoms with Gasteiger partial charge in [0.25, 0.3) is 0 Å². The van der Waals surface area contributed by atoms with Crippen LogP contribution in [0.5, 0.6) is 0 Å². The van der Waals surface area contributed by atoms with Gasteiger partial charge in [-0.05, 0) is 0 Å². The minimum absolute atomic E-state index is 0.103. The Kier molecular flexibility index (Phi) is 3.12. The van der Waals surface area contributed by atoms with E-state index >= 15 is 0 Å². The van der Waals surface area contributed by atoms with Crippen LogP contribution in [0.15, 0.2) is 6.07 Å². The fourth-order valence-electron chi connectivity index (χ4n) is 1.78. The highest BCUT2D eigenvalue weighted by molar-refractivity contribution is 5.82. The first-order chi connectivity index (χ1) is 8.10. The van der Waals surface area contributed by atoms with Gasteiger partial charge in [-0.25, -0.2) is 9.97 Å². The van der Waals surface area contributed by atoms with Gasteiger partial charge >= 0.3 is 0 Å². The molecule has 0 atom stereocenters. The van der Waals surface area contributed by atoms with Crippen LogP contribution >= 0.6 is 0 Å². The standard InChI is InChI=1S/C11H17N5O/c1-3-9-13-8(12)6-10(14-9)16-5-4-15(2)11(17)7-16/h6H,3-5,7H2,1-2H3,(H2,12,13,14). The highest BCUT2D eigenvalue weighted by atomic mass is 16.2. The quantitative estimate of drug-likeness (QED) is 0.774. The van der Waals surface area contributed by atoms with Gasteiger partial charge in [-0.1, -0.05) is 6.92 Å². The van der Waals surface area contributed by atoms with E-state index in [1.54, 1.807) is 11.0 Å². The molecule has 6 nitrogen and oxygen atoms in total. The van der Waals surface area contributed by atoms with Gasteiger partial charge in [0.05, 0.1) is 6.54 Å². The second-order valence-electron chi connectivity index (χ2n) is 4.16. The van der Waals surface area contributed by atoms with E-state index in [2.05, 4.69) is 9.97 Å². The van der Waals surface area contributed by atoms with E-state index in [1.165, 1.54) is 0 Å². The second-order valence-corrected chi connectivity index (χ2v) is 4.16. The Morgan fingerprint density at radius 2 is 2.18 bits per heavy atom. The Bertz CT molecular complexity index is 434. The average molecular weight is 235 g/mol. The number of carbonyl (C=O) groups excluding carboxylic acids is 1. The smallest absolute Gasteiger partial charge is 0.241 e. The van der Waals surface area contributed by atoms with Gasteiger partial charge in [0.15, 0.2) is 0 Å². The van der Waals surface area contributed by atoms with Gasteiger partial charge in [-0.3, -0.25) is 4.79 Å². The number of hydrogen-bond acceptors (Lipinski definition) is 5. The van der Waals surface area contributed by atoms with Crippen molar-refractivity contribution in [1.82, 2.24) is 14.9 Å². The van der Waals surface area contributed by atoms with Crippen LogP contribution in [0.4, 0.5) is 11.6 Å². The molecular formula is C11H17N5O. The highest BCUT2D eigenvalue weighted by Crippen LogP contribution is 2.16. The van der Waals surface area contributed by atoms with E-state index in [9.17, 15) is 4.79 Å². The summed E-state index contributed by atoms with van der Waals surface area (Å²) < 4.78 is 0. The second kappa shape index (κ2) is 4.57. The highest BCUT2D eigenvalue weighted by Gasteiger charge is 2.22. The molecule has 2 rings (SSSR count). The molecule has 92 valence electrons. The Labute approximate surface area is 100 Å². The maximum atomic E-state index is 11.6. The maximum absolute atomic E-state index is 11.6. The van der Waals surface area contributed by atoms with Crippen LogP contribution in [0, 0.1) is 0 Å². The summed E-state index contributed by atoms with van der Waals surface area (Å²) in [5, 5.41) is 0. The van der Waals surface area contributed by atoms with Crippen LogP contribution in [0.1, 0.15) is 12.7 Å². The van der Waals surface area contributed by atoms with E-state index in [0.717, 1.165) is 18.8 Å². The minimum Gasteiger partial charge on any atom is -0.384 e. The fraction of sp³-hybridized carbons (Fsp3) is 0.545. The van der Waals surface area contributed by atoms with Crippen molar-refractivity contribution >= 4 is 17.5 Å². The molecule has 1 amide bonds. The Hall–Kier alpha value is -1.85. The number of likely N-dealkylation sites (N-methyl/N-ethyl adjacent to an activating group) is 1. The molecule has 0 bridgehead atoms. The topological polar surface area (TPSA) is 75.3 Å². The maximum Gasteiger partial charge on any atom is 0.241 e. The van der Waals surface area contributed by atoms with Crippen LogP contribution in [0.2, 0.25) is 0 Å². The zero-order valence-electron chi connectivity index (χ0n) is 10.2. The van der Waals surface area contributed by atoms with Crippen LogP contribution in [-0.2, 0) is 11.2 Å². The molecular weight excluding hydrogens is 218 g/mol. The van der Waals surface area contributed by atoms with E-state index < -0.39 is 0 Å². The minimum atomic E-state index is 0.103. The molecule has 1 fully saturated rings. The lowest BCUT2D eigenvalue weighted by molar-refractivity contribution is -0.129. The molecule has 0 aromatic carbocycles. The molecule has 6 heteroatoms. The van der Waals surface area contributed by atoms with Gasteiger partial charge in [-0.2, -0.15) is 0 Å². The lowest BCUT2D eigenvalue weighted by Gasteiger charge is -2.32. The van der Waals surface area contributed by atoms with Crippen LogP contribution in [-0.4, -0.2) is 47.5 Å².